The summed E-state index contributed by atoms with van der Waals surface area (Å²) >= 11 is 0. The molecule has 24 heavy (non-hydrogen) atoms. The van der Waals surface area contributed by atoms with E-state index in [-0.39, 0.29) is 29.6 Å². The number of methoxy groups -OCH3 is 1. The molecule has 0 bridgehead atoms. The van der Waals surface area contributed by atoms with Crippen molar-refractivity contribution in [3.63, 3.8) is 0 Å². The van der Waals surface area contributed by atoms with Crippen LogP contribution in [0.3, 0.4) is 0 Å². The van der Waals surface area contributed by atoms with Crippen molar-refractivity contribution >= 4 is 39.8 Å². The Balaban J connectivity index is 0.00000529. The van der Waals surface area contributed by atoms with Gasteiger partial charge in [-0.05, 0) is 38.5 Å². The predicted molar refractivity (Wildman–Crippen MR) is 109 cm³/mol. The number of guanidine groups is 1. The highest BCUT2D eigenvalue weighted by atomic mass is 127. The molecular weight excluding hydrogens is 441 g/mol. The fourth-order valence-electron chi connectivity index (χ4n) is 1.72. The van der Waals surface area contributed by atoms with Gasteiger partial charge in [0.2, 0.25) is 0 Å². The zero-order valence-corrected chi connectivity index (χ0v) is 18.1. The van der Waals surface area contributed by atoms with E-state index >= 15 is 0 Å². The van der Waals surface area contributed by atoms with Crippen LogP contribution in [-0.2, 0) is 21.1 Å². The summed E-state index contributed by atoms with van der Waals surface area (Å²) in [6.45, 7) is 7.84. The monoisotopic (exact) mass is 469 g/mol. The summed E-state index contributed by atoms with van der Waals surface area (Å²) in [5.74, 6) is 0.699. The first kappa shape index (κ1) is 23.1. The highest BCUT2D eigenvalue weighted by Gasteiger charge is 2.16. The van der Waals surface area contributed by atoms with Crippen LogP contribution in [0.2, 0.25) is 0 Å². The summed E-state index contributed by atoms with van der Waals surface area (Å²) in [5, 5.41) is 6.41. The van der Waals surface area contributed by atoms with E-state index in [2.05, 4.69) is 15.6 Å². The van der Waals surface area contributed by atoms with Gasteiger partial charge in [-0.3, -0.25) is 0 Å². The van der Waals surface area contributed by atoms with Crippen LogP contribution in [-0.4, -0.2) is 46.4 Å². The lowest BCUT2D eigenvalue weighted by molar-refractivity contribution is 0.0268. The number of nitrogens with zero attached hydrogens (tertiary/aromatic N) is 1. The molecule has 0 spiro atoms. The van der Waals surface area contributed by atoms with E-state index in [4.69, 9.17) is 4.74 Å². The van der Waals surface area contributed by atoms with E-state index in [0.717, 1.165) is 12.1 Å². The van der Waals surface area contributed by atoms with E-state index in [1.54, 1.807) is 31.4 Å². The van der Waals surface area contributed by atoms with Crippen LogP contribution in [0.25, 0.3) is 0 Å². The molecule has 0 saturated heterocycles. The quantitative estimate of drug-likeness (QED) is 0.364. The van der Waals surface area contributed by atoms with Crippen LogP contribution in [0.1, 0.15) is 26.3 Å². The summed E-state index contributed by atoms with van der Waals surface area (Å²) in [6, 6.07) is 6.77. The Kier molecular flexibility index (Phi) is 9.83. The van der Waals surface area contributed by atoms with Gasteiger partial charge in [0, 0.05) is 26.5 Å². The summed E-state index contributed by atoms with van der Waals surface area (Å²) in [7, 11) is -1.49. The second-order valence-corrected chi connectivity index (χ2v) is 7.94. The van der Waals surface area contributed by atoms with E-state index in [9.17, 15) is 8.42 Å². The number of nitrogens with one attached hydrogen (secondary N) is 2. The lowest BCUT2D eigenvalue weighted by Crippen LogP contribution is -2.45. The molecule has 138 valence electrons. The molecule has 0 saturated carbocycles. The van der Waals surface area contributed by atoms with Crippen LogP contribution in [0, 0.1) is 0 Å². The molecule has 0 radical (unpaired) electrons. The van der Waals surface area contributed by atoms with Crippen LogP contribution >= 0.6 is 24.0 Å². The minimum Gasteiger partial charge on any atom is -0.377 e. The smallest absolute Gasteiger partial charge is 0.191 e. The van der Waals surface area contributed by atoms with Gasteiger partial charge in [0.15, 0.2) is 15.8 Å². The van der Waals surface area contributed by atoms with Gasteiger partial charge in [0.1, 0.15) is 0 Å². The second-order valence-electron chi connectivity index (χ2n) is 5.93. The molecule has 0 amide bonds. The minimum absolute atomic E-state index is 0. The van der Waals surface area contributed by atoms with E-state index in [0.29, 0.717) is 23.9 Å². The van der Waals surface area contributed by atoms with Gasteiger partial charge in [-0.2, -0.15) is 0 Å². The van der Waals surface area contributed by atoms with Crippen molar-refractivity contribution in [1.29, 1.82) is 0 Å². The van der Waals surface area contributed by atoms with Crippen molar-refractivity contribution in [2.75, 3.05) is 26.5 Å². The van der Waals surface area contributed by atoms with Crippen molar-refractivity contribution in [2.45, 2.75) is 37.8 Å². The van der Waals surface area contributed by atoms with Gasteiger partial charge >= 0.3 is 0 Å². The van der Waals surface area contributed by atoms with Gasteiger partial charge in [0.25, 0.3) is 0 Å². The maximum Gasteiger partial charge on any atom is 0.191 e. The SMILES string of the molecule is CCNC(=NCc1ccc(S(C)(=O)=O)cc1)NCC(C)(C)OC.I. The third-order valence-electron chi connectivity index (χ3n) is 3.35. The standard InChI is InChI=1S/C16H27N3O3S.HI/c1-6-17-15(19-12-16(2,3)22-4)18-11-13-7-9-14(10-8-13)23(5,20)21;/h7-10H,6,11-12H2,1-5H3,(H2,17,18,19);1H. The van der Waals surface area contributed by atoms with Crippen LogP contribution in [0.5, 0.6) is 0 Å². The Labute approximate surface area is 162 Å². The third-order valence-corrected chi connectivity index (χ3v) is 4.48. The van der Waals surface area contributed by atoms with Gasteiger partial charge in [-0.1, -0.05) is 12.1 Å². The molecule has 1 rings (SSSR count). The number of sulfone groups is 1. The normalized spacial score (nSPS) is 12.5. The maximum absolute atomic E-state index is 11.4. The molecule has 0 aliphatic carbocycles. The Morgan fingerprint density at radius 2 is 1.79 bits per heavy atom. The summed E-state index contributed by atoms with van der Waals surface area (Å²) < 4.78 is 28.3. The topological polar surface area (TPSA) is 79.8 Å². The van der Waals surface area contributed by atoms with Crippen molar-refractivity contribution in [1.82, 2.24) is 10.6 Å². The number of aliphatic imine (C=N–C) groups is 1. The molecule has 0 aromatic heterocycles. The van der Waals surface area contributed by atoms with Gasteiger partial charge in [0.05, 0.1) is 17.0 Å². The van der Waals surface area contributed by atoms with Crippen molar-refractivity contribution in [3.8, 4) is 0 Å². The highest BCUT2D eigenvalue weighted by Crippen LogP contribution is 2.11. The first-order valence-electron chi connectivity index (χ1n) is 7.54. The molecule has 6 nitrogen and oxygen atoms in total. The molecular formula is C16H28IN3O3S. The molecule has 0 aliphatic heterocycles. The largest absolute Gasteiger partial charge is 0.377 e. The lowest BCUT2D eigenvalue weighted by atomic mass is 10.1. The second kappa shape index (κ2) is 10.2. The molecule has 0 atom stereocenters. The highest BCUT2D eigenvalue weighted by molar-refractivity contribution is 14.0. The number of hydrogen-bond acceptors (Lipinski definition) is 4. The van der Waals surface area contributed by atoms with E-state index < -0.39 is 9.84 Å². The Morgan fingerprint density at radius 1 is 1.21 bits per heavy atom. The fraction of sp³-hybridized carbons (Fsp3) is 0.562. The van der Waals surface area contributed by atoms with E-state index in [1.165, 1.54) is 6.26 Å². The maximum atomic E-state index is 11.4. The fourth-order valence-corrected chi connectivity index (χ4v) is 2.35. The lowest BCUT2D eigenvalue weighted by Gasteiger charge is -2.24. The molecule has 1 aromatic rings. The molecule has 0 heterocycles. The summed E-state index contributed by atoms with van der Waals surface area (Å²) in [5.41, 5.74) is 0.661. The number of halogens is 1. The molecule has 1 aromatic carbocycles. The third kappa shape index (κ3) is 8.29. The average Bonchev–Trinajstić information content (AvgIpc) is 2.49. The van der Waals surface area contributed by atoms with Crippen molar-refractivity contribution in [2.24, 2.45) is 4.99 Å². The molecule has 2 N–H and O–H groups in total. The Bertz CT molecular complexity index is 628. The van der Waals surface area contributed by atoms with Crippen LogP contribution in [0.15, 0.2) is 34.2 Å². The number of ether oxygens (including phenoxy) is 1. The summed E-state index contributed by atoms with van der Waals surface area (Å²) in [4.78, 5) is 4.82. The molecule has 8 heteroatoms. The number of rotatable bonds is 7. The Hall–Kier alpha value is -0.870. The predicted octanol–water partition coefficient (Wildman–Crippen LogP) is 2.19. The van der Waals surface area contributed by atoms with Gasteiger partial charge < -0.3 is 15.4 Å². The molecule has 0 fully saturated rings. The molecule has 0 unspecified atom stereocenters. The zero-order valence-electron chi connectivity index (χ0n) is 14.9. The summed E-state index contributed by atoms with van der Waals surface area (Å²) in [6.07, 6.45) is 1.20. The van der Waals surface area contributed by atoms with Gasteiger partial charge in [-0.25, -0.2) is 13.4 Å². The zero-order chi connectivity index (χ0) is 17.5. The van der Waals surface area contributed by atoms with Crippen molar-refractivity contribution < 1.29 is 13.2 Å². The number of hydrogen-bond donors (Lipinski definition) is 2. The first-order valence-corrected chi connectivity index (χ1v) is 9.43. The number of benzene rings is 1. The first-order chi connectivity index (χ1) is 10.7. The Morgan fingerprint density at radius 3 is 2.25 bits per heavy atom. The van der Waals surface area contributed by atoms with Crippen molar-refractivity contribution in [3.05, 3.63) is 29.8 Å². The van der Waals surface area contributed by atoms with E-state index in [1.807, 2.05) is 20.8 Å². The van der Waals surface area contributed by atoms with Crippen LogP contribution in [0.4, 0.5) is 0 Å². The van der Waals surface area contributed by atoms with Gasteiger partial charge in [-0.15, -0.1) is 24.0 Å². The van der Waals surface area contributed by atoms with Crippen LogP contribution < -0.4 is 10.6 Å². The average molecular weight is 469 g/mol. The minimum atomic E-state index is -3.16. The molecule has 0 aliphatic rings.